The maximum absolute atomic E-state index is 13.4. The molecule has 3 aromatic carbocycles. The van der Waals surface area contributed by atoms with Crippen LogP contribution in [0.15, 0.2) is 54.6 Å². The Balaban J connectivity index is 0.000000117. The summed E-state index contributed by atoms with van der Waals surface area (Å²) in [7, 11) is -1.60. The zero-order valence-electron chi connectivity index (χ0n) is 48.1. The van der Waals surface area contributed by atoms with Crippen LogP contribution in [-0.4, -0.2) is 91.1 Å². The number of hydrogen-bond acceptors (Lipinski definition) is 11. The van der Waals surface area contributed by atoms with Gasteiger partial charge in [0.05, 0.1) is 61.1 Å². The molecule has 4 aliphatic carbocycles. The molecule has 15 rings (SSSR count). The molecule has 8 heterocycles. The quantitative estimate of drug-likeness (QED) is 0.0471. The minimum absolute atomic E-state index is 0.00197. The minimum Gasteiger partial charge on any atom is -0.478 e. The molecule has 4 fully saturated rings. The van der Waals surface area contributed by atoms with Crippen molar-refractivity contribution in [3.8, 4) is 22.5 Å². The molecular weight excluding hydrogens is 1440 g/mol. The van der Waals surface area contributed by atoms with E-state index in [1.165, 1.54) is 94.2 Å². The van der Waals surface area contributed by atoms with E-state index in [0.29, 0.717) is 72.9 Å². The monoisotopic (exact) mass is 1500 g/mol. The summed E-state index contributed by atoms with van der Waals surface area (Å²) < 4.78 is 48.4. The van der Waals surface area contributed by atoms with E-state index in [4.69, 9.17) is 67.2 Å². The molecule has 0 bridgehead atoms. The number of nitrogens with one attached hydrogen (secondary N) is 1. The third-order valence-electron chi connectivity index (χ3n) is 18.2. The van der Waals surface area contributed by atoms with Crippen LogP contribution < -0.4 is 28.0 Å². The van der Waals surface area contributed by atoms with Gasteiger partial charge in [-0.25, -0.2) is 18.0 Å². The summed E-state index contributed by atoms with van der Waals surface area (Å²) in [5.74, 6) is 1.63. The van der Waals surface area contributed by atoms with Gasteiger partial charge in [-0.2, -0.15) is 20.4 Å². The van der Waals surface area contributed by atoms with Crippen LogP contribution in [0, 0.1) is 66.3 Å². The molecule has 4 unspecified atom stereocenters. The van der Waals surface area contributed by atoms with Crippen molar-refractivity contribution in [3.63, 3.8) is 0 Å². The fourth-order valence-electron chi connectivity index (χ4n) is 12.9. The first-order chi connectivity index (χ1) is 42.5. The Morgan fingerprint density at radius 2 is 0.865 bits per heavy atom. The van der Waals surface area contributed by atoms with Crippen LogP contribution in [0.3, 0.4) is 0 Å². The summed E-state index contributed by atoms with van der Waals surface area (Å²) in [6.07, 6.45) is 16.5. The smallest absolute Gasteiger partial charge is 0.478 e. The number of nitrogens with two attached hydrogens (primary N) is 3. The van der Waals surface area contributed by atoms with Crippen LogP contribution in [0.5, 0.6) is 0 Å². The molecule has 4 aliphatic heterocycles. The normalized spacial score (nSPS) is 20.4. The highest BCUT2D eigenvalue weighted by molar-refractivity contribution is 14.1. The Kier molecular flexibility index (Phi) is 20.0. The molecule has 89 heavy (non-hydrogen) atoms. The Hall–Kier alpha value is -5.56. The van der Waals surface area contributed by atoms with E-state index < -0.39 is 42.4 Å². The number of benzene rings is 3. The van der Waals surface area contributed by atoms with E-state index in [2.05, 4.69) is 48.3 Å². The van der Waals surface area contributed by atoms with Gasteiger partial charge in [-0.05, 0) is 230 Å². The number of nitrogens with zero attached hydrogens (tertiary/aromatic N) is 8. The molecule has 10 N–H and O–H groups in total. The maximum Gasteiger partial charge on any atom is 0.488 e. The Morgan fingerprint density at radius 3 is 1.26 bits per heavy atom. The van der Waals surface area contributed by atoms with Crippen LogP contribution in [0.4, 0.5) is 13.2 Å². The first-order valence-electron chi connectivity index (χ1n) is 29.8. The molecule has 3 amide bonds. The van der Waals surface area contributed by atoms with Gasteiger partial charge in [0.15, 0.2) is 0 Å². The van der Waals surface area contributed by atoms with Gasteiger partial charge in [0.2, 0.25) is 0 Å². The van der Waals surface area contributed by atoms with Crippen LogP contribution in [-0.2, 0) is 52.0 Å². The van der Waals surface area contributed by atoms with Gasteiger partial charge in [-0.15, -0.1) is 0 Å². The van der Waals surface area contributed by atoms with E-state index >= 15 is 0 Å². The number of carboxylic acids is 1. The molecule has 4 atom stereocenters. The first-order valence-corrected chi connectivity index (χ1v) is 33.1. The summed E-state index contributed by atoms with van der Waals surface area (Å²) in [6, 6.07) is 12.6. The van der Waals surface area contributed by atoms with Crippen LogP contribution in [0.2, 0.25) is 15.1 Å². The predicted octanol–water partition coefficient (Wildman–Crippen LogP) is 9.61. The predicted molar refractivity (Wildman–Crippen MR) is 346 cm³/mol. The molecular formula is C61H65BCl3F3I2N12O7. The van der Waals surface area contributed by atoms with Gasteiger partial charge in [0, 0.05) is 43.3 Å². The number of amides is 3. The van der Waals surface area contributed by atoms with Crippen molar-refractivity contribution in [2.45, 2.75) is 129 Å². The number of carbonyl (C=O) groups is 4. The number of aromatic carboxylic acids is 1. The molecule has 7 aromatic rings. The first kappa shape index (κ1) is 65.0. The molecule has 28 heteroatoms. The van der Waals surface area contributed by atoms with Gasteiger partial charge in [-0.3, -0.25) is 33.1 Å². The zero-order chi connectivity index (χ0) is 63.3. The SMILES string of the molecule is NC(=O)c1c(-c2ccc(F)c(Cl)c2)nn2c1CCC(C1CC1)C2.NC(=O)c1c(-c2ccc(F)c(Cl)c2)nn2c1CNC(C1CC1)C2.NC(=O)c1c(I)nn2c1CCC(C1CC1)C2.O=C(O)c1c(I)nn2c1CCC(C1CC1)C2.OB(O)c1ccc(F)c(Cl)c1. The largest absolute Gasteiger partial charge is 0.488 e. The molecule has 0 saturated heterocycles. The highest BCUT2D eigenvalue weighted by Gasteiger charge is 2.40. The Morgan fingerprint density at radius 1 is 0.494 bits per heavy atom. The minimum atomic E-state index is -1.60. The second kappa shape index (κ2) is 27.3. The summed E-state index contributed by atoms with van der Waals surface area (Å²) in [6.45, 7) is 4.00. The standard InChI is InChI=1S/C17H17ClFN3O.C16H16ClFN4O.C11H14IN3O.C11H13IN2O2.C6H5BClFO2/c18-12-7-10(3-5-13(12)19)16-15(17(20)23)14-6-4-11(9-1-2-9)8-22(14)21-16;17-10-5-9(3-4-11(10)18)15-14(16(19)23)13-6-20-12(8-1-2-8)7-22(13)21-15;12-10-9(11(13)16)8-4-3-7(6-1-2-6)5-15(8)14-10;12-10-9(11(15)16)8-4-3-7(6-1-2-6)5-14(8)13-10;8-5-3-4(7(10)11)1-2-6(5)9/h3,5,7,9,11H,1-2,4,6,8H2,(H2,20,23);3-5,8,12,20H,1-2,6-7H2,(H2,19,23);6-7H,1-5H2,(H2,13,16);6-7H,1-5H2,(H,15,16);1-3,10-11H. The lowest BCUT2D eigenvalue weighted by Gasteiger charge is -2.25. The average Bonchev–Trinajstić information content (AvgIpc) is 2.28. The van der Waals surface area contributed by atoms with Crippen LogP contribution in [0.1, 0.15) is 135 Å². The maximum atomic E-state index is 13.4. The molecule has 4 saturated carbocycles. The highest BCUT2D eigenvalue weighted by atomic mass is 127. The number of carbonyl (C=O) groups excluding carboxylic acids is 3. The van der Waals surface area contributed by atoms with Gasteiger partial charge in [0.1, 0.15) is 41.8 Å². The second-order valence-electron chi connectivity index (χ2n) is 24.2. The number of halogens is 8. The van der Waals surface area contributed by atoms with E-state index in [9.17, 15) is 32.3 Å². The number of primary amides is 3. The Labute approximate surface area is 553 Å². The molecule has 0 radical (unpaired) electrons. The van der Waals surface area contributed by atoms with Gasteiger partial charge < -0.3 is 37.7 Å². The zero-order valence-corrected chi connectivity index (χ0v) is 54.7. The molecule has 19 nitrogen and oxygen atoms in total. The lowest BCUT2D eigenvalue weighted by Crippen LogP contribution is -2.41. The van der Waals surface area contributed by atoms with Crippen LogP contribution >= 0.6 is 80.0 Å². The fourth-order valence-corrected chi connectivity index (χ4v) is 15.1. The molecule has 8 aliphatic rings. The molecule has 470 valence electrons. The lowest BCUT2D eigenvalue weighted by atomic mass is 9.80. The number of rotatable bonds is 11. The molecule has 0 spiro atoms. The average molecular weight is 1510 g/mol. The summed E-state index contributed by atoms with van der Waals surface area (Å²) in [5, 5.41) is 47.7. The number of carboxylic acid groups (broad SMARTS) is 1. The second-order valence-corrected chi connectivity index (χ2v) is 27.5. The van der Waals surface area contributed by atoms with Gasteiger partial charge in [0.25, 0.3) is 17.7 Å². The number of aromatic nitrogens is 8. The van der Waals surface area contributed by atoms with Crippen molar-refractivity contribution in [1.82, 2.24) is 44.4 Å². The van der Waals surface area contributed by atoms with E-state index in [1.807, 2.05) is 41.3 Å². The molecule has 4 aromatic heterocycles. The van der Waals surface area contributed by atoms with Crippen molar-refractivity contribution >= 4 is 116 Å². The van der Waals surface area contributed by atoms with E-state index in [-0.39, 0.29) is 26.4 Å². The van der Waals surface area contributed by atoms with Crippen molar-refractivity contribution in [2.75, 3.05) is 0 Å². The fraction of sp³-hybridized carbons (Fsp3) is 0.443. The third-order valence-corrected chi connectivity index (χ3v) is 20.5. The Bertz CT molecular complexity index is 3670. The highest BCUT2D eigenvalue weighted by Crippen LogP contribution is 2.45. The summed E-state index contributed by atoms with van der Waals surface area (Å²) >= 11 is 21.2. The van der Waals surface area contributed by atoms with E-state index in [1.54, 1.807) is 12.1 Å². The summed E-state index contributed by atoms with van der Waals surface area (Å²) in [5.41, 5.74) is 24.5. The number of fused-ring (bicyclic) bond motifs is 4. The lowest BCUT2D eigenvalue weighted by molar-refractivity contribution is 0.0692. The topological polar surface area (TPSA) is 290 Å². The number of hydrogen-bond donors (Lipinski definition) is 7. The van der Waals surface area contributed by atoms with Gasteiger partial charge >= 0.3 is 13.1 Å². The van der Waals surface area contributed by atoms with Crippen molar-refractivity contribution in [1.29, 1.82) is 0 Å². The third kappa shape index (κ3) is 14.9. The van der Waals surface area contributed by atoms with Crippen LogP contribution in [0.25, 0.3) is 22.5 Å². The van der Waals surface area contributed by atoms with Gasteiger partial charge in [-0.1, -0.05) is 40.9 Å². The van der Waals surface area contributed by atoms with Crippen molar-refractivity contribution in [3.05, 3.63) is 140 Å². The van der Waals surface area contributed by atoms with Crippen molar-refractivity contribution < 1.29 is 47.5 Å². The summed E-state index contributed by atoms with van der Waals surface area (Å²) in [4.78, 5) is 46.4. The van der Waals surface area contributed by atoms with E-state index in [0.717, 1.165) is 120 Å². The van der Waals surface area contributed by atoms with Crippen molar-refractivity contribution in [2.24, 2.45) is 58.6 Å².